The lowest BCUT2D eigenvalue weighted by Crippen LogP contribution is -2.56. The molecule has 28 heavy (non-hydrogen) atoms. The molecule has 1 aliphatic heterocycles. The highest BCUT2D eigenvalue weighted by Gasteiger charge is 2.43. The number of amides is 2. The fourth-order valence-corrected chi connectivity index (χ4v) is 5.71. The van der Waals surface area contributed by atoms with E-state index in [1.165, 1.54) is 19.3 Å². The first-order valence-corrected chi connectivity index (χ1v) is 10.4. The van der Waals surface area contributed by atoms with E-state index in [4.69, 9.17) is 5.73 Å². The largest absolute Gasteiger partial charge is 0.352 e. The molecule has 154 valence electrons. The number of carbonyl (C=O) groups is 2. The number of benzene rings is 1. The monoisotopic (exact) mass is 405 g/mol. The topological polar surface area (TPSA) is 75.4 Å². The molecule has 1 aromatic carbocycles. The predicted molar refractivity (Wildman–Crippen MR) is 112 cm³/mol. The number of hydrogen-bond acceptors (Lipinski definition) is 3. The van der Waals surface area contributed by atoms with Crippen LogP contribution in [0.1, 0.15) is 56.6 Å². The summed E-state index contributed by atoms with van der Waals surface area (Å²) >= 11 is 0. The molecule has 3 fully saturated rings. The highest BCUT2D eigenvalue weighted by molar-refractivity contribution is 5.85. The highest BCUT2D eigenvalue weighted by Crippen LogP contribution is 2.41. The molecule has 4 unspecified atom stereocenters. The average molecular weight is 406 g/mol. The quantitative estimate of drug-likeness (QED) is 0.811. The molecular formula is C22H32ClN3O2. The van der Waals surface area contributed by atoms with Crippen molar-refractivity contribution in [3.63, 3.8) is 0 Å². The molecule has 0 spiro atoms. The third-order valence-corrected chi connectivity index (χ3v) is 7.02. The van der Waals surface area contributed by atoms with Crippen molar-refractivity contribution < 1.29 is 9.59 Å². The SMILES string of the molecule is CN1C(=O)CCC(C(=O)NC2C3CCCC2CC(N)C3)C1c1ccccc1.Cl. The summed E-state index contributed by atoms with van der Waals surface area (Å²) in [6.45, 7) is 0. The number of nitrogens with one attached hydrogen (secondary N) is 1. The number of likely N-dealkylation sites (tertiary alicyclic amines) is 1. The Bertz CT molecular complexity index is 684. The van der Waals surface area contributed by atoms with Gasteiger partial charge in [0.15, 0.2) is 0 Å². The van der Waals surface area contributed by atoms with E-state index in [1.807, 2.05) is 37.4 Å². The molecule has 3 N–H and O–H groups in total. The number of nitrogens with two attached hydrogens (primary N) is 1. The summed E-state index contributed by atoms with van der Waals surface area (Å²) < 4.78 is 0. The van der Waals surface area contributed by atoms with Gasteiger partial charge in [-0.05, 0) is 49.5 Å². The van der Waals surface area contributed by atoms with E-state index in [0.29, 0.717) is 24.7 Å². The van der Waals surface area contributed by atoms with Gasteiger partial charge in [0, 0.05) is 25.6 Å². The summed E-state index contributed by atoms with van der Waals surface area (Å²) in [5.41, 5.74) is 7.28. The Morgan fingerprint density at radius 3 is 2.39 bits per heavy atom. The maximum atomic E-state index is 13.3. The van der Waals surface area contributed by atoms with Crippen LogP contribution in [0.3, 0.4) is 0 Å². The fourth-order valence-electron chi connectivity index (χ4n) is 5.71. The molecule has 0 aromatic heterocycles. The van der Waals surface area contributed by atoms with Crippen LogP contribution in [-0.4, -0.2) is 35.8 Å². The third kappa shape index (κ3) is 4.06. The van der Waals surface area contributed by atoms with E-state index in [1.54, 1.807) is 4.90 Å². The van der Waals surface area contributed by atoms with Crippen molar-refractivity contribution in [2.45, 2.75) is 63.1 Å². The first-order chi connectivity index (χ1) is 13.0. The van der Waals surface area contributed by atoms with Gasteiger partial charge in [-0.1, -0.05) is 36.8 Å². The van der Waals surface area contributed by atoms with Gasteiger partial charge in [-0.25, -0.2) is 0 Å². The molecule has 2 saturated carbocycles. The van der Waals surface area contributed by atoms with Crippen molar-refractivity contribution in [1.29, 1.82) is 0 Å². The average Bonchev–Trinajstić information content (AvgIpc) is 2.65. The van der Waals surface area contributed by atoms with E-state index < -0.39 is 0 Å². The van der Waals surface area contributed by atoms with Crippen LogP contribution >= 0.6 is 12.4 Å². The lowest BCUT2D eigenvalue weighted by molar-refractivity contribution is -0.142. The maximum Gasteiger partial charge on any atom is 0.225 e. The van der Waals surface area contributed by atoms with Crippen LogP contribution in [0.25, 0.3) is 0 Å². The molecule has 2 amide bonds. The van der Waals surface area contributed by atoms with Crippen molar-refractivity contribution in [3.8, 4) is 0 Å². The third-order valence-electron chi connectivity index (χ3n) is 7.02. The summed E-state index contributed by atoms with van der Waals surface area (Å²) in [6.07, 6.45) is 6.69. The summed E-state index contributed by atoms with van der Waals surface area (Å²) in [4.78, 5) is 27.4. The number of nitrogens with zero attached hydrogens (tertiary/aromatic N) is 1. The molecule has 4 atom stereocenters. The fraction of sp³-hybridized carbons (Fsp3) is 0.636. The van der Waals surface area contributed by atoms with E-state index >= 15 is 0 Å². The Morgan fingerprint density at radius 2 is 1.75 bits per heavy atom. The van der Waals surface area contributed by atoms with Gasteiger partial charge in [-0.15, -0.1) is 12.4 Å². The van der Waals surface area contributed by atoms with Crippen LogP contribution in [0.5, 0.6) is 0 Å². The molecule has 4 rings (SSSR count). The van der Waals surface area contributed by atoms with Crippen molar-refractivity contribution in [1.82, 2.24) is 10.2 Å². The zero-order chi connectivity index (χ0) is 19.0. The molecule has 6 heteroatoms. The van der Waals surface area contributed by atoms with Gasteiger partial charge < -0.3 is 16.0 Å². The Hall–Kier alpha value is -1.59. The molecule has 2 bridgehead atoms. The maximum absolute atomic E-state index is 13.3. The second-order valence-corrected chi connectivity index (χ2v) is 8.72. The summed E-state index contributed by atoms with van der Waals surface area (Å²) in [6, 6.07) is 10.3. The number of hydrogen-bond donors (Lipinski definition) is 2. The minimum Gasteiger partial charge on any atom is -0.352 e. The molecule has 0 radical (unpaired) electrons. The van der Waals surface area contributed by atoms with Crippen LogP contribution in [0.2, 0.25) is 0 Å². The van der Waals surface area contributed by atoms with Gasteiger partial charge in [-0.3, -0.25) is 9.59 Å². The summed E-state index contributed by atoms with van der Waals surface area (Å²) in [7, 11) is 1.83. The number of halogens is 1. The van der Waals surface area contributed by atoms with Gasteiger partial charge >= 0.3 is 0 Å². The molecular weight excluding hydrogens is 374 g/mol. The molecule has 5 nitrogen and oxygen atoms in total. The van der Waals surface area contributed by atoms with Crippen LogP contribution in [0, 0.1) is 17.8 Å². The normalized spacial score (nSPS) is 35.1. The molecule has 1 aromatic rings. The summed E-state index contributed by atoms with van der Waals surface area (Å²) in [5.74, 6) is 1.06. The first kappa shape index (κ1) is 21.1. The van der Waals surface area contributed by atoms with Crippen molar-refractivity contribution in [3.05, 3.63) is 35.9 Å². The van der Waals surface area contributed by atoms with Gasteiger partial charge in [0.25, 0.3) is 0 Å². The molecule has 2 aliphatic carbocycles. The van der Waals surface area contributed by atoms with Crippen molar-refractivity contribution in [2.24, 2.45) is 23.5 Å². The minimum absolute atomic E-state index is 0. The van der Waals surface area contributed by atoms with Gasteiger partial charge in [-0.2, -0.15) is 0 Å². The number of carbonyl (C=O) groups excluding carboxylic acids is 2. The van der Waals surface area contributed by atoms with Crippen LogP contribution in [0.4, 0.5) is 0 Å². The van der Waals surface area contributed by atoms with Crippen LogP contribution < -0.4 is 11.1 Å². The van der Waals surface area contributed by atoms with Crippen LogP contribution in [0.15, 0.2) is 30.3 Å². The Kier molecular flexibility index (Phi) is 6.66. The van der Waals surface area contributed by atoms with Crippen molar-refractivity contribution in [2.75, 3.05) is 7.05 Å². The zero-order valence-corrected chi connectivity index (χ0v) is 17.4. The van der Waals surface area contributed by atoms with Gasteiger partial charge in [0.2, 0.25) is 11.8 Å². The van der Waals surface area contributed by atoms with E-state index in [9.17, 15) is 9.59 Å². The van der Waals surface area contributed by atoms with E-state index in [0.717, 1.165) is 18.4 Å². The Morgan fingerprint density at radius 1 is 1.11 bits per heavy atom. The van der Waals surface area contributed by atoms with Crippen molar-refractivity contribution >= 4 is 24.2 Å². The van der Waals surface area contributed by atoms with Gasteiger partial charge in [0.1, 0.15) is 0 Å². The minimum atomic E-state index is -0.188. The smallest absolute Gasteiger partial charge is 0.225 e. The van der Waals surface area contributed by atoms with Crippen LogP contribution in [-0.2, 0) is 9.59 Å². The predicted octanol–water partition coefficient (Wildman–Crippen LogP) is 3.04. The molecule has 1 heterocycles. The Balaban J connectivity index is 0.00000225. The first-order valence-electron chi connectivity index (χ1n) is 10.4. The standard InChI is InChI=1S/C22H31N3O2.ClH/c1-25-19(26)11-10-18(21(25)14-6-3-2-4-7-14)22(27)24-20-15-8-5-9-16(20)13-17(23)12-15;/h2-4,6-7,15-18,20-21H,5,8-13,23H2,1H3,(H,24,27);1H. The zero-order valence-electron chi connectivity index (χ0n) is 16.5. The molecule has 1 saturated heterocycles. The summed E-state index contributed by atoms with van der Waals surface area (Å²) in [5, 5.41) is 3.41. The lowest BCUT2D eigenvalue weighted by Gasteiger charge is -2.46. The van der Waals surface area contributed by atoms with E-state index in [-0.39, 0.29) is 48.3 Å². The second-order valence-electron chi connectivity index (χ2n) is 8.72. The van der Waals surface area contributed by atoms with Gasteiger partial charge in [0.05, 0.1) is 12.0 Å². The highest BCUT2D eigenvalue weighted by atomic mass is 35.5. The van der Waals surface area contributed by atoms with E-state index in [2.05, 4.69) is 5.32 Å². The number of rotatable bonds is 3. The Labute approximate surface area is 173 Å². The lowest BCUT2D eigenvalue weighted by atomic mass is 9.66. The molecule has 3 aliphatic rings. The number of piperidine rings is 1. The second kappa shape index (κ2) is 8.83. The number of fused-ring (bicyclic) bond motifs is 2.